The number of nitrogens with two attached hydrogens (primary N) is 1. The summed E-state index contributed by atoms with van der Waals surface area (Å²) in [5, 5.41) is 3.14. The third-order valence-corrected chi connectivity index (χ3v) is 4.95. The van der Waals surface area contributed by atoms with Crippen molar-refractivity contribution in [2.24, 2.45) is 5.73 Å². The smallest absolute Gasteiger partial charge is 0.251 e. The highest BCUT2D eigenvalue weighted by Crippen LogP contribution is 2.31. The van der Waals surface area contributed by atoms with Crippen molar-refractivity contribution in [1.82, 2.24) is 5.32 Å². The number of hydrogen-bond acceptors (Lipinski definition) is 3. The maximum Gasteiger partial charge on any atom is 0.251 e. The second-order valence-corrected chi connectivity index (χ2v) is 6.41. The van der Waals surface area contributed by atoms with Crippen LogP contribution in [0.1, 0.15) is 48.5 Å². The minimum absolute atomic E-state index is 0.0454. The van der Waals surface area contributed by atoms with Crippen LogP contribution in [0.4, 0.5) is 5.69 Å². The Morgan fingerprint density at radius 1 is 1.32 bits per heavy atom. The number of amides is 2. The van der Waals surface area contributed by atoms with E-state index < -0.39 is 0 Å². The lowest BCUT2D eigenvalue weighted by Gasteiger charge is -2.28. The molecule has 0 unspecified atom stereocenters. The first-order valence-corrected chi connectivity index (χ1v) is 7.98. The van der Waals surface area contributed by atoms with Gasteiger partial charge in [0.2, 0.25) is 5.91 Å². The highest BCUT2D eigenvalue weighted by atomic mass is 16.2. The number of rotatable bonds is 3. The molecule has 1 aromatic carbocycles. The molecule has 1 fully saturated rings. The fourth-order valence-corrected chi connectivity index (χ4v) is 3.62. The molecule has 1 saturated carbocycles. The standard InChI is InChI=1S/C17H23N3O2/c1-12(21)20-9-6-13-10-14(4-5-15(13)20)16(22)19-17(11-18)7-2-3-8-17/h4-5,10H,2-3,6-9,11,18H2,1H3,(H,19,22). The van der Waals surface area contributed by atoms with E-state index >= 15 is 0 Å². The predicted molar refractivity (Wildman–Crippen MR) is 85.9 cm³/mol. The zero-order chi connectivity index (χ0) is 15.7. The summed E-state index contributed by atoms with van der Waals surface area (Å²) >= 11 is 0. The molecular weight excluding hydrogens is 278 g/mol. The van der Waals surface area contributed by atoms with Gasteiger partial charge in [-0.15, -0.1) is 0 Å². The highest BCUT2D eigenvalue weighted by Gasteiger charge is 2.34. The van der Waals surface area contributed by atoms with Crippen LogP contribution in [0.2, 0.25) is 0 Å². The maximum absolute atomic E-state index is 12.5. The van der Waals surface area contributed by atoms with Gasteiger partial charge in [-0.05, 0) is 43.0 Å². The Hall–Kier alpha value is -1.88. The SMILES string of the molecule is CC(=O)N1CCc2cc(C(=O)NC3(CN)CCCC3)ccc21. The van der Waals surface area contributed by atoms with Crippen LogP contribution in [-0.4, -0.2) is 30.4 Å². The summed E-state index contributed by atoms with van der Waals surface area (Å²) in [5.41, 5.74) is 8.29. The van der Waals surface area contributed by atoms with Gasteiger partial charge in [0.1, 0.15) is 0 Å². The quantitative estimate of drug-likeness (QED) is 0.890. The monoisotopic (exact) mass is 301 g/mol. The van der Waals surface area contributed by atoms with Crippen LogP contribution >= 0.6 is 0 Å². The molecule has 22 heavy (non-hydrogen) atoms. The molecule has 0 saturated heterocycles. The van der Waals surface area contributed by atoms with Crippen LogP contribution in [0.25, 0.3) is 0 Å². The second-order valence-electron chi connectivity index (χ2n) is 6.41. The molecule has 0 radical (unpaired) electrons. The van der Waals surface area contributed by atoms with Gasteiger partial charge in [-0.25, -0.2) is 0 Å². The zero-order valence-corrected chi connectivity index (χ0v) is 13.0. The Labute approximate surface area is 130 Å². The number of anilines is 1. The van der Waals surface area contributed by atoms with Gasteiger partial charge < -0.3 is 16.0 Å². The number of carbonyl (C=O) groups excluding carboxylic acids is 2. The molecule has 2 amide bonds. The molecule has 118 valence electrons. The Balaban J connectivity index is 1.79. The maximum atomic E-state index is 12.5. The van der Waals surface area contributed by atoms with Crippen molar-refractivity contribution in [2.75, 3.05) is 18.0 Å². The summed E-state index contributed by atoms with van der Waals surface area (Å²) in [4.78, 5) is 25.9. The molecule has 5 nitrogen and oxygen atoms in total. The first kappa shape index (κ1) is 15.0. The molecule has 0 aromatic heterocycles. The molecule has 1 aliphatic heterocycles. The largest absolute Gasteiger partial charge is 0.345 e. The van der Waals surface area contributed by atoms with Crippen molar-refractivity contribution in [3.63, 3.8) is 0 Å². The average molecular weight is 301 g/mol. The average Bonchev–Trinajstić information content (AvgIpc) is 3.13. The lowest BCUT2D eigenvalue weighted by Crippen LogP contribution is -2.51. The molecule has 1 aromatic rings. The molecule has 3 N–H and O–H groups in total. The Morgan fingerprint density at radius 2 is 2.05 bits per heavy atom. The summed E-state index contributed by atoms with van der Waals surface area (Å²) in [6.45, 7) is 2.76. The molecule has 1 aliphatic carbocycles. The number of fused-ring (bicyclic) bond motifs is 1. The zero-order valence-electron chi connectivity index (χ0n) is 13.0. The van der Waals surface area contributed by atoms with E-state index in [1.54, 1.807) is 17.9 Å². The van der Waals surface area contributed by atoms with E-state index in [9.17, 15) is 9.59 Å². The molecule has 0 bridgehead atoms. The normalized spacial score (nSPS) is 19.1. The molecule has 2 aliphatic rings. The molecule has 0 atom stereocenters. The summed E-state index contributed by atoms with van der Waals surface area (Å²) in [7, 11) is 0. The van der Waals surface area contributed by atoms with Crippen molar-refractivity contribution in [3.05, 3.63) is 29.3 Å². The fourth-order valence-electron chi connectivity index (χ4n) is 3.62. The Bertz CT molecular complexity index is 606. The van der Waals surface area contributed by atoms with Crippen molar-refractivity contribution in [2.45, 2.75) is 44.6 Å². The summed E-state index contributed by atoms with van der Waals surface area (Å²) in [5.74, 6) is -0.0135. The van der Waals surface area contributed by atoms with Crippen molar-refractivity contribution in [3.8, 4) is 0 Å². The van der Waals surface area contributed by atoms with Crippen molar-refractivity contribution < 1.29 is 9.59 Å². The van der Waals surface area contributed by atoms with E-state index in [0.717, 1.165) is 43.4 Å². The first-order valence-electron chi connectivity index (χ1n) is 7.98. The second kappa shape index (κ2) is 5.72. The van der Waals surface area contributed by atoms with Crippen LogP contribution in [-0.2, 0) is 11.2 Å². The molecule has 0 spiro atoms. The van der Waals surface area contributed by atoms with Crippen LogP contribution in [0.15, 0.2) is 18.2 Å². The van der Waals surface area contributed by atoms with Gasteiger partial charge in [0.15, 0.2) is 0 Å². The van der Waals surface area contributed by atoms with Gasteiger partial charge >= 0.3 is 0 Å². The van der Waals surface area contributed by atoms with E-state index in [-0.39, 0.29) is 17.4 Å². The van der Waals surface area contributed by atoms with Gasteiger partial charge in [0.05, 0.1) is 5.54 Å². The summed E-state index contributed by atoms with van der Waals surface area (Å²) in [6, 6.07) is 5.59. The predicted octanol–water partition coefficient (Wildman–Crippen LogP) is 1.60. The Morgan fingerprint density at radius 3 is 2.68 bits per heavy atom. The summed E-state index contributed by atoms with van der Waals surface area (Å²) in [6.07, 6.45) is 4.96. The van der Waals surface area contributed by atoms with Crippen LogP contribution in [0.3, 0.4) is 0 Å². The molecule has 1 heterocycles. The first-order chi connectivity index (χ1) is 10.5. The lowest BCUT2D eigenvalue weighted by molar-refractivity contribution is -0.116. The van der Waals surface area contributed by atoms with E-state index in [1.807, 2.05) is 12.1 Å². The fraction of sp³-hybridized carbons (Fsp3) is 0.529. The van der Waals surface area contributed by atoms with Crippen LogP contribution in [0.5, 0.6) is 0 Å². The molecule has 5 heteroatoms. The van der Waals surface area contributed by atoms with Crippen LogP contribution < -0.4 is 16.0 Å². The van der Waals surface area contributed by atoms with E-state index in [1.165, 1.54) is 0 Å². The van der Waals surface area contributed by atoms with Crippen LogP contribution in [0, 0.1) is 0 Å². The molecular formula is C17H23N3O2. The third-order valence-electron chi connectivity index (χ3n) is 4.95. The Kier molecular flexibility index (Phi) is 3.91. The van der Waals surface area contributed by atoms with Crippen molar-refractivity contribution in [1.29, 1.82) is 0 Å². The number of carbonyl (C=O) groups is 2. The van der Waals surface area contributed by atoms with E-state index in [4.69, 9.17) is 5.73 Å². The molecule has 3 rings (SSSR count). The van der Waals surface area contributed by atoms with Crippen molar-refractivity contribution >= 4 is 17.5 Å². The lowest BCUT2D eigenvalue weighted by atomic mass is 9.97. The van der Waals surface area contributed by atoms with Gasteiger partial charge in [0.25, 0.3) is 5.91 Å². The van der Waals surface area contributed by atoms with Gasteiger partial charge in [-0.1, -0.05) is 12.8 Å². The number of nitrogens with zero attached hydrogens (tertiary/aromatic N) is 1. The van der Waals surface area contributed by atoms with E-state index in [2.05, 4.69) is 5.32 Å². The highest BCUT2D eigenvalue weighted by molar-refractivity contribution is 5.98. The van der Waals surface area contributed by atoms with Gasteiger partial charge in [-0.2, -0.15) is 0 Å². The summed E-state index contributed by atoms with van der Waals surface area (Å²) < 4.78 is 0. The number of benzene rings is 1. The minimum Gasteiger partial charge on any atom is -0.345 e. The van der Waals surface area contributed by atoms with Gasteiger partial charge in [-0.3, -0.25) is 9.59 Å². The minimum atomic E-state index is -0.235. The number of nitrogens with one attached hydrogen (secondary N) is 1. The third kappa shape index (κ3) is 2.61. The number of hydrogen-bond donors (Lipinski definition) is 2. The topological polar surface area (TPSA) is 75.4 Å². The van der Waals surface area contributed by atoms with Gasteiger partial charge in [0, 0.05) is 31.3 Å². The van der Waals surface area contributed by atoms with E-state index in [0.29, 0.717) is 18.7 Å².